The van der Waals surface area contributed by atoms with E-state index in [4.69, 9.17) is 10.2 Å². The number of hydrogen-bond donors (Lipinski definition) is 4. The molecule has 0 saturated carbocycles. The fourth-order valence-electron chi connectivity index (χ4n) is 0.884. The van der Waals surface area contributed by atoms with Crippen molar-refractivity contribution >= 4 is 5.91 Å². The zero-order valence-corrected chi connectivity index (χ0v) is 7.90. The maximum absolute atomic E-state index is 10.9. The third-order valence-electron chi connectivity index (χ3n) is 1.77. The molecular formula is C8H17NO4. The van der Waals surface area contributed by atoms with E-state index in [-0.39, 0.29) is 12.3 Å². The first-order valence-corrected chi connectivity index (χ1v) is 4.29. The average Bonchev–Trinajstić information content (AvgIpc) is 2.12. The Hall–Kier alpha value is -0.650. The van der Waals surface area contributed by atoms with E-state index in [1.807, 2.05) is 0 Å². The van der Waals surface area contributed by atoms with Gasteiger partial charge < -0.3 is 20.6 Å². The summed E-state index contributed by atoms with van der Waals surface area (Å²) in [7, 11) is 0. The van der Waals surface area contributed by atoms with Crippen molar-refractivity contribution in [2.45, 2.75) is 38.5 Å². The molecule has 3 unspecified atom stereocenters. The zero-order chi connectivity index (χ0) is 10.4. The summed E-state index contributed by atoms with van der Waals surface area (Å²) in [6.07, 6.45) is -1.84. The predicted molar refractivity (Wildman–Crippen MR) is 47.0 cm³/mol. The zero-order valence-electron chi connectivity index (χ0n) is 7.90. The van der Waals surface area contributed by atoms with Gasteiger partial charge in [-0.3, -0.25) is 4.79 Å². The van der Waals surface area contributed by atoms with Crippen LogP contribution in [0, 0.1) is 0 Å². The van der Waals surface area contributed by atoms with Crippen LogP contribution in [-0.4, -0.2) is 46.1 Å². The Morgan fingerprint density at radius 1 is 1.46 bits per heavy atom. The highest BCUT2D eigenvalue weighted by molar-refractivity contribution is 5.75. The first kappa shape index (κ1) is 12.3. The van der Waals surface area contributed by atoms with E-state index in [2.05, 4.69) is 5.32 Å². The second-order valence-electron chi connectivity index (χ2n) is 2.94. The summed E-state index contributed by atoms with van der Waals surface area (Å²) < 4.78 is 0. The first-order chi connectivity index (χ1) is 6.02. The van der Waals surface area contributed by atoms with E-state index in [0.29, 0.717) is 0 Å². The third kappa shape index (κ3) is 4.21. The van der Waals surface area contributed by atoms with E-state index in [0.717, 1.165) is 0 Å². The minimum atomic E-state index is -1.14. The second kappa shape index (κ2) is 5.90. The Bertz CT molecular complexity index is 160. The second-order valence-corrected chi connectivity index (χ2v) is 2.94. The fourth-order valence-corrected chi connectivity index (χ4v) is 0.884. The van der Waals surface area contributed by atoms with Crippen LogP contribution in [0.1, 0.15) is 20.3 Å². The molecule has 13 heavy (non-hydrogen) atoms. The number of carbonyl (C=O) groups is 1. The van der Waals surface area contributed by atoms with Crippen molar-refractivity contribution in [1.82, 2.24) is 5.32 Å². The molecule has 5 nitrogen and oxygen atoms in total. The van der Waals surface area contributed by atoms with Gasteiger partial charge in [-0.15, -0.1) is 0 Å². The van der Waals surface area contributed by atoms with Gasteiger partial charge in [0.25, 0.3) is 0 Å². The maximum atomic E-state index is 10.9. The number of carbonyl (C=O) groups excluding carboxylic acids is 1. The van der Waals surface area contributed by atoms with Gasteiger partial charge in [-0.1, -0.05) is 6.92 Å². The monoisotopic (exact) mass is 191 g/mol. The summed E-state index contributed by atoms with van der Waals surface area (Å²) in [6, 6.07) is -0.799. The molecule has 0 aliphatic heterocycles. The van der Waals surface area contributed by atoms with Crippen molar-refractivity contribution in [1.29, 1.82) is 0 Å². The molecule has 5 heteroatoms. The Balaban J connectivity index is 4.09. The van der Waals surface area contributed by atoms with Crippen molar-refractivity contribution in [2.24, 2.45) is 0 Å². The molecule has 0 rings (SSSR count). The van der Waals surface area contributed by atoms with Crippen molar-refractivity contribution in [3.05, 3.63) is 0 Å². The van der Waals surface area contributed by atoms with Gasteiger partial charge in [-0.05, 0) is 6.92 Å². The van der Waals surface area contributed by atoms with E-state index in [9.17, 15) is 9.90 Å². The Morgan fingerprint density at radius 3 is 2.31 bits per heavy atom. The normalized spacial score (nSPS) is 17.6. The predicted octanol–water partition coefficient (Wildman–Crippen LogP) is -1.38. The molecule has 1 amide bonds. The summed E-state index contributed by atoms with van der Waals surface area (Å²) in [5.41, 5.74) is 0. The molecule has 4 N–H and O–H groups in total. The lowest BCUT2D eigenvalue weighted by molar-refractivity contribution is -0.123. The smallest absolute Gasteiger partial charge is 0.220 e. The molecule has 0 radical (unpaired) electrons. The van der Waals surface area contributed by atoms with Gasteiger partial charge in [-0.2, -0.15) is 0 Å². The van der Waals surface area contributed by atoms with Crippen LogP contribution in [0.15, 0.2) is 0 Å². The Morgan fingerprint density at radius 2 is 2.00 bits per heavy atom. The minimum absolute atomic E-state index is 0.265. The van der Waals surface area contributed by atoms with E-state index < -0.39 is 24.9 Å². The summed E-state index contributed by atoms with van der Waals surface area (Å²) >= 11 is 0. The quantitative estimate of drug-likeness (QED) is 0.431. The number of aliphatic hydroxyl groups is 3. The standard InChI is InChI=1S/C8H17NO4/c1-3-7(12)9-6(4-10)8(13)5(2)11/h5-6,8,10-11,13H,3-4H2,1-2H3,(H,9,12). The molecule has 0 bridgehead atoms. The van der Waals surface area contributed by atoms with Crippen LogP contribution in [0.25, 0.3) is 0 Å². The lowest BCUT2D eigenvalue weighted by Gasteiger charge is -2.23. The van der Waals surface area contributed by atoms with Gasteiger partial charge >= 0.3 is 0 Å². The minimum Gasteiger partial charge on any atom is -0.394 e. The summed E-state index contributed by atoms with van der Waals surface area (Å²) in [4.78, 5) is 10.9. The number of rotatable bonds is 5. The number of nitrogens with one attached hydrogen (secondary N) is 1. The summed E-state index contributed by atoms with van der Waals surface area (Å²) in [5.74, 6) is -0.265. The highest BCUT2D eigenvalue weighted by Gasteiger charge is 2.23. The lowest BCUT2D eigenvalue weighted by Crippen LogP contribution is -2.49. The molecule has 0 aromatic rings. The van der Waals surface area contributed by atoms with Crippen LogP contribution in [0.3, 0.4) is 0 Å². The van der Waals surface area contributed by atoms with Crippen molar-refractivity contribution in [3.8, 4) is 0 Å². The van der Waals surface area contributed by atoms with Crippen molar-refractivity contribution in [3.63, 3.8) is 0 Å². The van der Waals surface area contributed by atoms with Crippen LogP contribution >= 0.6 is 0 Å². The molecule has 78 valence electrons. The number of aliphatic hydroxyl groups excluding tert-OH is 3. The molecule has 0 aromatic carbocycles. The van der Waals surface area contributed by atoms with Gasteiger partial charge in [-0.25, -0.2) is 0 Å². The van der Waals surface area contributed by atoms with Crippen LogP contribution < -0.4 is 5.32 Å². The topological polar surface area (TPSA) is 89.8 Å². The molecule has 0 spiro atoms. The SMILES string of the molecule is CCC(=O)NC(CO)C(O)C(C)O. The highest BCUT2D eigenvalue weighted by atomic mass is 16.3. The molecule has 0 aliphatic rings. The molecule has 0 saturated heterocycles. The van der Waals surface area contributed by atoms with Gasteiger partial charge in [0.15, 0.2) is 0 Å². The number of amides is 1. The molecule has 0 aliphatic carbocycles. The number of hydrogen-bond acceptors (Lipinski definition) is 4. The molecular weight excluding hydrogens is 174 g/mol. The van der Waals surface area contributed by atoms with Gasteiger partial charge in [0.1, 0.15) is 6.10 Å². The third-order valence-corrected chi connectivity index (χ3v) is 1.77. The Kier molecular flexibility index (Phi) is 5.61. The fraction of sp³-hybridized carbons (Fsp3) is 0.875. The van der Waals surface area contributed by atoms with Gasteiger partial charge in [0, 0.05) is 6.42 Å². The summed E-state index contributed by atoms with van der Waals surface area (Å²) in [5, 5.41) is 29.5. The summed E-state index contributed by atoms with van der Waals surface area (Å²) in [6.45, 7) is 2.67. The molecule has 0 fully saturated rings. The van der Waals surface area contributed by atoms with Crippen LogP contribution in [-0.2, 0) is 4.79 Å². The van der Waals surface area contributed by atoms with Crippen LogP contribution in [0.4, 0.5) is 0 Å². The highest BCUT2D eigenvalue weighted by Crippen LogP contribution is 1.99. The largest absolute Gasteiger partial charge is 0.394 e. The van der Waals surface area contributed by atoms with Gasteiger partial charge in [0.2, 0.25) is 5.91 Å². The molecule has 0 aromatic heterocycles. The first-order valence-electron chi connectivity index (χ1n) is 4.29. The van der Waals surface area contributed by atoms with E-state index >= 15 is 0 Å². The Labute approximate surface area is 77.4 Å². The van der Waals surface area contributed by atoms with E-state index in [1.54, 1.807) is 6.92 Å². The van der Waals surface area contributed by atoms with E-state index in [1.165, 1.54) is 6.92 Å². The lowest BCUT2D eigenvalue weighted by atomic mass is 10.1. The average molecular weight is 191 g/mol. The van der Waals surface area contributed by atoms with Crippen molar-refractivity contribution in [2.75, 3.05) is 6.61 Å². The van der Waals surface area contributed by atoms with Crippen molar-refractivity contribution < 1.29 is 20.1 Å². The maximum Gasteiger partial charge on any atom is 0.220 e. The van der Waals surface area contributed by atoms with Crippen LogP contribution in [0.2, 0.25) is 0 Å². The van der Waals surface area contributed by atoms with Crippen LogP contribution in [0.5, 0.6) is 0 Å². The molecule has 0 heterocycles. The van der Waals surface area contributed by atoms with Gasteiger partial charge in [0.05, 0.1) is 18.8 Å². The molecule has 3 atom stereocenters.